The van der Waals surface area contributed by atoms with Gasteiger partial charge < -0.3 is 4.98 Å². The average Bonchev–Trinajstić information content (AvgIpc) is 3.10. The number of fused-ring (bicyclic) bond motifs is 7. The molecule has 0 bridgehead atoms. The van der Waals surface area contributed by atoms with Gasteiger partial charge in [0.1, 0.15) is 0 Å². The fourth-order valence-electron chi connectivity index (χ4n) is 3.34. The number of rotatable bonds is 0. The number of nitrogens with zero attached hydrogens (tertiary/aromatic N) is 1. The van der Waals surface area contributed by atoms with E-state index in [1.54, 1.807) is 4.40 Å². The molecule has 110 valence electrons. The van der Waals surface area contributed by atoms with Gasteiger partial charge in [0.15, 0.2) is 0 Å². The average molecular weight is 301 g/mol. The third-order valence-corrected chi connectivity index (χ3v) is 4.32. The molecule has 5 nitrogen and oxygen atoms in total. The zero-order chi connectivity index (χ0) is 15.6. The number of hydrogen-bond acceptors (Lipinski definition) is 2. The second-order valence-corrected chi connectivity index (χ2v) is 5.60. The third-order valence-electron chi connectivity index (χ3n) is 4.32. The van der Waals surface area contributed by atoms with E-state index in [4.69, 9.17) is 0 Å². The molecule has 0 aliphatic rings. The lowest BCUT2D eigenvalue weighted by molar-refractivity contribution is 1.05. The van der Waals surface area contributed by atoms with Crippen molar-refractivity contribution in [3.05, 3.63) is 75.4 Å². The number of aromatic amines is 2. The lowest BCUT2D eigenvalue weighted by Crippen LogP contribution is -2.19. The first-order chi connectivity index (χ1) is 11.2. The van der Waals surface area contributed by atoms with Gasteiger partial charge in [0.05, 0.1) is 21.9 Å². The van der Waals surface area contributed by atoms with Crippen molar-refractivity contribution >= 4 is 38.2 Å². The standard InChI is InChI=1S/C18H11N3O2/c22-17-15-11-6-2-3-7-12(11)19-16(15)14-9-10-5-1-4-8-13(10)21(14)18(23)20-17/h1-9,19H,(H,20,22,23). The molecule has 0 unspecified atom stereocenters. The Hall–Kier alpha value is -3.34. The molecule has 2 aromatic carbocycles. The highest BCUT2D eigenvalue weighted by Crippen LogP contribution is 2.27. The lowest BCUT2D eigenvalue weighted by Gasteiger charge is -1.91. The Labute approximate surface area is 128 Å². The van der Waals surface area contributed by atoms with Crippen molar-refractivity contribution in [1.29, 1.82) is 0 Å². The number of para-hydroxylation sites is 2. The Bertz CT molecular complexity index is 1250. The number of nitrogens with one attached hydrogen (secondary N) is 2. The largest absolute Gasteiger partial charge is 0.353 e. The fourth-order valence-corrected chi connectivity index (χ4v) is 3.34. The van der Waals surface area contributed by atoms with Crippen molar-refractivity contribution in [2.24, 2.45) is 0 Å². The van der Waals surface area contributed by atoms with E-state index in [2.05, 4.69) is 9.97 Å². The van der Waals surface area contributed by atoms with Gasteiger partial charge in [-0.2, -0.15) is 0 Å². The molecule has 0 fully saturated rings. The van der Waals surface area contributed by atoms with Gasteiger partial charge in [-0.25, -0.2) is 4.79 Å². The molecule has 0 amide bonds. The zero-order valence-electron chi connectivity index (χ0n) is 12.0. The minimum absolute atomic E-state index is 0.379. The molecule has 5 aromatic rings. The van der Waals surface area contributed by atoms with Gasteiger partial charge in [-0.1, -0.05) is 36.4 Å². The van der Waals surface area contributed by atoms with E-state index in [1.165, 1.54) is 0 Å². The van der Waals surface area contributed by atoms with E-state index in [0.717, 1.165) is 21.8 Å². The predicted octanol–water partition coefficient (Wildman–Crippen LogP) is 2.78. The Morgan fingerprint density at radius 3 is 2.52 bits per heavy atom. The van der Waals surface area contributed by atoms with Crippen LogP contribution in [0.4, 0.5) is 0 Å². The highest BCUT2D eigenvalue weighted by Gasteiger charge is 2.13. The minimum Gasteiger partial charge on any atom is -0.353 e. The van der Waals surface area contributed by atoms with Gasteiger partial charge >= 0.3 is 5.69 Å². The maximum absolute atomic E-state index is 12.5. The van der Waals surface area contributed by atoms with E-state index in [9.17, 15) is 9.59 Å². The first-order valence-corrected chi connectivity index (χ1v) is 7.31. The van der Waals surface area contributed by atoms with Crippen LogP contribution >= 0.6 is 0 Å². The highest BCUT2D eigenvalue weighted by molar-refractivity contribution is 6.12. The Kier molecular flexibility index (Phi) is 2.18. The normalized spacial score (nSPS) is 11.8. The van der Waals surface area contributed by atoms with Gasteiger partial charge in [0.25, 0.3) is 5.56 Å². The lowest BCUT2D eigenvalue weighted by atomic mass is 10.2. The van der Waals surface area contributed by atoms with Crippen LogP contribution in [0.5, 0.6) is 0 Å². The first-order valence-electron chi connectivity index (χ1n) is 7.31. The summed E-state index contributed by atoms with van der Waals surface area (Å²) < 4.78 is 1.55. The summed E-state index contributed by atoms with van der Waals surface area (Å²) in [5, 5.41) is 2.28. The smallest absolute Gasteiger partial charge is 0.333 e. The maximum Gasteiger partial charge on any atom is 0.333 e. The van der Waals surface area contributed by atoms with Crippen LogP contribution in [0, 0.1) is 0 Å². The molecule has 0 saturated heterocycles. The summed E-state index contributed by atoms with van der Waals surface area (Å²) in [6, 6.07) is 17.2. The summed E-state index contributed by atoms with van der Waals surface area (Å²) in [7, 11) is 0. The van der Waals surface area contributed by atoms with E-state index in [1.807, 2.05) is 54.6 Å². The topological polar surface area (TPSA) is 70.1 Å². The molecule has 3 heterocycles. The van der Waals surface area contributed by atoms with E-state index < -0.39 is 5.69 Å². The monoisotopic (exact) mass is 301 g/mol. The van der Waals surface area contributed by atoms with Gasteiger partial charge in [-0.3, -0.25) is 14.2 Å². The molecule has 0 spiro atoms. The molecular formula is C18H11N3O2. The number of benzene rings is 2. The Balaban J connectivity index is 2.24. The summed E-state index contributed by atoms with van der Waals surface area (Å²) in [4.78, 5) is 30.8. The summed E-state index contributed by atoms with van der Waals surface area (Å²) in [5.74, 6) is 0. The van der Waals surface area contributed by atoms with Crippen molar-refractivity contribution in [2.45, 2.75) is 0 Å². The van der Waals surface area contributed by atoms with Gasteiger partial charge in [-0.15, -0.1) is 0 Å². The molecule has 5 heteroatoms. The van der Waals surface area contributed by atoms with Gasteiger partial charge in [0.2, 0.25) is 0 Å². The SMILES string of the molecule is O=c1[nH]c(=O)n2c3ccccc3cc2c2[nH]c3ccccc3c12. The molecular weight excluding hydrogens is 290 g/mol. The van der Waals surface area contributed by atoms with Crippen LogP contribution in [0.2, 0.25) is 0 Å². The van der Waals surface area contributed by atoms with Crippen molar-refractivity contribution < 1.29 is 0 Å². The number of aromatic nitrogens is 3. The fraction of sp³-hybridized carbons (Fsp3) is 0. The van der Waals surface area contributed by atoms with E-state index >= 15 is 0 Å². The molecule has 2 N–H and O–H groups in total. The van der Waals surface area contributed by atoms with Crippen molar-refractivity contribution in [3.63, 3.8) is 0 Å². The molecule has 0 saturated carbocycles. The van der Waals surface area contributed by atoms with E-state index in [-0.39, 0.29) is 5.56 Å². The van der Waals surface area contributed by atoms with Crippen LogP contribution in [-0.2, 0) is 0 Å². The maximum atomic E-state index is 12.5. The molecule has 5 rings (SSSR count). The summed E-state index contributed by atoms with van der Waals surface area (Å²) in [5.41, 5.74) is 2.21. The highest BCUT2D eigenvalue weighted by atomic mass is 16.2. The molecule has 3 aromatic heterocycles. The first kappa shape index (κ1) is 12.2. The zero-order valence-corrected chi connectivity index (χ0v) is 12.0. The van der Waals surface area contributed by atoms with Crippen molar-refractivity contribution in [2.75, 3.05) is 0 Å². The van der Waals surface area contributed by atoms with Crippen LogP contribution in [-0.4, -0.2) is 14.4 Å². The Morgan fingerprint density at radius 1 is 0.826 bits per heavy atom. The van der Waals surface area contributed by atoms with Crippen LogP contribution in [0.1, 0.15) is 0 Å². The van der Waals surface area contributed by atoms with Crippen LogP contribution in [0.15, 0.2) is 64.2 Å². The van der Waals surface area contributed by atoms with Crippen molar-refractivity contribution in [3.8, 4) is 0 Å². The van der Waals surface area contributed by atoms with Crippen LogP contribution < -0.4 is 11.2 Å². The number of H-pyrrole nitrogens is 2. The minimum atomic E-state index is -0.431. The Morgan fingerprint density at radius 2 is 1.61 bits per heavy atom. The molecule has 0 aliphatic carbocycles. The summed E-state index contributed by atoms with van der Waals surface area (Å²) >= 11 is 0. The second-order valence-electron chi connectivity index (χ2n) is 5.60. The molecule has 0 atom stereocenters. The molecule has 0 aliphatic heterocycles. The summed E-state index contributed by atoms with van der Waals surface area (Å²) in [6.07, 6.45) is 0. The van der Waals surface area contributed by atoms with Gasteiger partial charge in [0, 0.05) is 16.3 Å². The van der Waals surface area contributed by atoms with Crippen molar-refractivity contribution in [1.82, 2.24) is 14.4 Å². The molecule has 0 radical (unpaired) electrons. The predicted molar refractivity (Wildman–Crippen MR) is 91.2 cm³/mol. The van der Waals surface area contributed by atoms with Crippen LogP contribution in [0.25, 0.3) is 38.2 Å². The number of hydrogen-bond donors (Lipinski definition) is 2. The third kappa shape index (κ3) is 1.51. The van der Waals surface area contributed by atoms with Crippen LogP contribution in [0.3, 0.4) is 0 Å². The second kappa shape index (κ2) is 4.10. The molecule has 23 heavy (non-hydrogen) atoms. The van der Waals surface area contributed by atoms with Gasteiger partial charge in [-0.05, 0) is 18.2 Å². The quantitative estimate of drug-likeness (QED) is 0.462. The summed E-state index contributed by atoms with van der Waals surface area (Å²) in [6.45, 7) is 0. The van der Waals surface area contributed by atoms with E-state index in [0.29, 0.717) is 16.4 Å².